The number of fused-ring (bicyclic) bond motifs is 1. The lowest BCUT2D eigenvalue weighted by Crippen LogP contribution is -2.39. The first-order valence-corrected chi connectivity index (χ1v) is 7.38. The number of aromatic amines is 1. The number of nitrogens with one attached hydrogen (secondary N) is 1. The van der Waals surface area contributed by atoms with Crippen LogP contribution in [0.15, 0.2) is 18.3 Å². The second kappa shape index (κ2) is 5.09. The summed E-state index contributed by atoms with van der Waals surface area (Å²) in [5.74, 6) is 0.771. The minimum absolute atomic E-state index is 0.0323. The van der Waals surface area contributed by atoms with Crippen molar-refractivity contribution < 1.29 is 4.74 Å². The minimum atomic E-state index is 0.0323. The van der Waals surface area contributed by atoms with Crippen molar-refractivity contribution in [3.63, 3.8) is 0 Å². The molecule has 3 rings (SSSR count). The number of hydrogen-bond donors (Lipinski definition) is 1. The van der Waals surface area contributed by atoms with Gasteiger partial charge >= 0.3 is 0 Å². The van der Waals surface area contributed by atoms with Crippen LogP contribution in [0.5, 0.6) is 5.88 Å². The summed E-state index contributed by atoms with van der Waals surface area (Å²) in [7, 11) is 0. The van der Waals surface area contributed by atoms with Crippen LogP contribution in [0.3, 0.4) is 0 Å². The van der Waals surface area contributed by atoms with Crippen molar-refractivity contribution in [3.05, 3.63) is 23.9 Å². The molecule has 1 N–H and O–H groups in total. The number of nitrogens with zero attached hydrogens (tertiary/aromatic N) is 2. The molecule has 0 aromatic carbocycles. The van der Waals surface area contributed by atoms with Crippen molar-refractivity contribution in [3.8, 4) is 5.88 Å². The maximum Gasteiger partial charge on any atom is 0.219 e. The van der Waals surface area contributed by atoms with E-state index in [1.807, 2.05) is 6.20 Å². The van der Waals surface area contributed by atoms with E-state index < -0.39 is 0 Å². The van der Waals surface area contributed by atoms with Crippen LogP contribution in [0.25, 0.3) is 11.0 Å². The summed E-state index contributed by atoms with van der Waals surface area (Å²) in [5, 5.41) is 1.14. The van der Waals surface area contributed by atoms with E-state index in [2.05, 4.69) is 47.8 Å². The van der Waals surface area contributed by atoms with Gasteiger partial charge in [0.2, 0.25) is 5.88 Å². The Bertz CT molecular complexity index is 593. The molecule has 1 aliphatic heterocycles. The standard InChI is InChI=1S/C16H23N3O/c1-16(2,3)13-11-12-5-6-17-14(12)18-15(13)20-10-9-19-7-4-8-19/h5-6,11H,4,7-10H2,1-3H3,(H,17,18). The van der Waals surface area contributed by atoms with E-state index in [0.29, 0.717) is 6.61 Å². The fourth-order valence-corrected chi connectivity index (χ4v) is 2.49. The molecule has 4 nitrogen and oxygen atoms in total. The largest absolute Gasteiger partial charge is 0.476 e. The Hall–Kier alpha value is -1.55. The van der Waals surface area contributed by atoms with Crippen LogP contribution in [-0.4, -0.2) is 41.1 Å². The number of rotatable bonds is 4. The van der Waals surface area contributed by atoms with Gasteiger partial charge in [0.15, 0.2) is 0 Å². The number of hydrogen-bond acceptors (Lipinski definition) is 3. The van der Waals surface area contributed by atoms with E-state index in [-0.39, 0.29) is 5.41 Å². The highest BCUT2D eigenvalue weighted by Crippen LogP contribution is 2.32. The van der Waals surface area contributed by atoms with Crippen LogP contribution in [0.2, 0.25) is 0 Å². The van der Waals surface area contributed by atoms with Gasteiger partial charge in [-0.1, -0.05) is 20.8 Å². The van der Waals surface area contributed by atoms with Crippen molar-refractivity contribution in [2.45, 2.75) is 32.6 Å². The van der Waals surface area contributed by atoms with Gasteiger partial charge < -0.3 is 9.72 Å². The molecule has 3 heterocycles. The quantitative estimate of drug-likeness (QED) is 0.931. The monoisotopic (exact) mass is 273 g/mol. The Morgan fingerprint density at radius 2 is 2.15 bits per heavy atom. The van der Waals surface area contributed by atoms with Gasteiger partial charge in [-0.15, -0.1) is 0 Å². The van der Waals surface area contributed by atoms with Gasteiger partial charge in [0.1, 0.15) is 12.3 Å². The highest BCUT2D eigenvalue weighted by atomic mass is 16.5. The van der Waals surface area contributed by atoms with Crippen molar-refractivity contribution in [2.75, 3.05) is 26.2 Å². The van der Waals surface area contributed by atoms with Crippen LogP contribution >= 0.6 is 0 Å². The molecule has 20 heavy (non-hydrogen) atoms. The van der Waals surface area contributed by atoms with E-state index in [9.17, 15) is 0 Å². The lowest BCUT2D eigenvalue weighted by atomic mass is 9.87. The number of H-pyrrole nitrogens is 1. The number of aromatic nitrogens is 2. The maximum atomic E-state index is 5.97. The van der Waals surface area contributed by atoms with Gasteiger partial charge in [0, 0.05) is 23.7 Å². The maximum absolute atomic E-state index is 5.97. The van der Waals surface area contributed by atoms with Crippen molar-refractivity contribution in [1.82, 2.24) is 14.9 Å². The average Bonchev–Trinajstić information content (AvgIpc) is 2.77. The molecule has 0 amide bonds. The predicted octanol–water partition coefficient (Wildman–Crippen LogP) is 2.94. The van der Waals surface area contributed by atoms with E-state index in [1.54, 1.807) is 0 Å². The molecule has 0 bridgehead atoms. The van der Waals surface area contributed by atoms with E-state index in [0.717, 1.165) is 23.5 Å². The molecule has 0 atom stereocenters. The van der Waals surface area contributed by atoms with Gasteiger partial charge in [-0.25, -0.2) is 0 Å². The first-order valence-electron chi connectivity index (χ1n) is 7.38. The summed E-state index contributed by atoms with van der Waals surface area (Å²) in [5.41, 5.74) is 2.11. The van der Waals surface area contributed by atoms with E-state index in [4.69, 9.17) is 4.74 Å². The van der Waals surface area contributed by atoms with Crippen LogP contribution < -0.4 is 4.74 Å². The Kier molecular flexibility index (Phi) is 3.42. The second-order valence-corrected chi connectivity index (χ2v) is 6.55. The van der Waals surface area contributed by atoms with Crippen molar-refractivity contribution in [1.29, 1.82) is 0 Å². The Morgan fingerprint density at radius 3 is 2.80 bits per heavy atom. The fraction of sp³-hybridized carbons (Fsp3) is 0.562. The summed E-state index contributed by atoms with van der Waals surface area (Å²) in [6, 6.07) is 4.25. The lowest BCUT2D eigenvalue weighted by Gasteiger charge is -2.30. The average molecular weight is 273 g/mol. The molecule has 0 spiro atoms. The molecular weight excluding hydrogens is 250 g/mol. The number of likely N-dealkylation sites (tertiary alicyclic amines) is 1. The van der Waals surface area contributed by atoms with Gasteiger partial charge in [-0.05, 0) is 37.1 Å². The Balaban J connectivity index is 1.82. The third-order valence-electron chi connectivity index (χ3n) is 3.90. The zero-order valence-electron chi connectivity index (χ0n) is 12.6. The SMILES string of the molecule is CC(C)(C)c1cc2cc[nH]c2nc1OCCN1CCC1. The third kappa shape index (κ3) is 2.66. The third-order valence-corrected chi connectivity index (χ3v) is 3.90. The molecule has 2 aromatic rings. The molecule has 2 aromatic heterocycles. The molecule has 1 aliphatic rings. The summed E-state index contributed by atoms with van der Waals surface area (Å²) in [4.78, 5) is 10.2. The lowest BCUT2D eigenvalue weighted by molar-refractivity contribution is 0.144. The summed E-state index contributed by atoms with van der Waals surface area (Å²) in [6.07, 6.45) is 3.24. The van der Waals surface area contributed by atoms with Crippen LogP contribution in [-0.2, 0) is 5.41 Å². The summed E-state index contributed by atoms with van der Waals surface area (Å²) >= 11 is 0. The van der Waals surface area contributed by atoms with Crippen molar-refractivity contribution >= 4 is 11.0 Å². The highest BCUT2D eigenvalue weighted by molar-refractivity contribution is 5.77. The van der Waals surface area contributed by atoms with Gasteiger partial charge in [-0.3, -0.25) is 4.90 Å². The fourth-order valence-electron chi connectivity index (χ4n) is 2.49. The van der Waals surface area contributed by atoms with Gasteiger partial charge in [0.05, 0.1) is 0 Å². The molecule has 1 saturated heterocycles. The zero-order valence-corrected chi connectivity index (χ0v) is 12.6. The Morgan fingerprint density at radius 1 is 1.35 bits per heavy atom. The van der Waals surface area contributed by atoms with E-state index in [1.165, 1.54) is 25.1 Å². The molecule has 0 aliphatic carbocycles. The topological polar surface area (TPSA) is 41.1 Å². The molecule has 0 saturated carbocycles. The molecule has 1 fully saturated rings. The first kappa shape index (κ1) is 13.4. The van der Waals surface area contributed by atoms with Gasteiger partial charge in [-0.2, -0.15) is 4.98 Å². The smallest absolute Gasteiger partial charge is 0.219 e. The first-order chi connectivity index (χ1) is 9.54. The predicted molar refractivity (Wildman–Crippen MR) is 81.3 cm³/mol. The van der Waals surface area contributed by atoms with Gasteiger partial charge in [0.25, 0.3) is 0 Å². The number of pyridine rings is 1. The van der Waals surface area contributed by atoms with Crippen LogP contribution in [0.1, 0.15) is 32.8 Å². The van der Waals surface area contributed by atoms with Crippen LogP contribution in [0.4, 0.5) is 0 Å². The molecule has 108 valence electrons. The highest BCUT2D eigenvalue weighted by Gasteiger charge is 2.22. The zero-order chi connectivity index (χ0) is 14.2. The molecule has 4 heteroatoms. The Labute approximate surface area is 120 Å². The minimum Gasteiger partial charge on any atom is -0.476 e. The molecule has 0 unspecified atom stereocenters. The summed E-state index contributed by atoms with van der Waals surface area (Å²) < 4.78 is 5.97. The second-order valence-electron chi connectivity index (χ2n) is 6.55. The van der Waals surface area contributed by atoms with E-state index >= 15 is 0 Å². The van der Waals surface area contributed by atoms with Crippen LogP contribution in [0, 0.1) is 0 Å². The van der Waals surface area contributed by atoms with Crippen molar-refractivity contribution in [2.24, 2.45) is 0 Å². The summed E-state index contributed by atoms with van der Waals surface area (Å²) in [6.45, 7) is 10.7. The normalized spacial score (nSPS) is 16.4. The number of ether oxygens (including phenoxy) is 1. The molecular formula is C16H23N3O. The molecule has 0 radical (unpaired) electrons.